The van der Waals surface area contributed by atoms with Gasteiger partial charge in [0, 0.05) is 29.5 Å². The number of hydrogen-bond acceptors (Lipinski definition) is 2. The largest absolute Gasteiger partial charge is 0.306 e. The van der Waals surface area contributed by atoms with Crippen LogP contribution in [0.15, 0.2) is 42.6 Å². The van der Waals surface area contributed by atoms with Gasteiger partial charge in [0.05, 0.1) is 0 Å². The molecule has 1 atom stereocenters. The van der Waals surface area contributed by atoms with E-state index in [0.29, 0.717) is 6.04 Å². The van der Waals surface area contributed by atoms with Crippen LogP contribution in [0.3, 0.4) is 0 Å². The molecule has 20 heavy (non-hydrogen) atoms. The maximum atomic E-state index is 5.95. The molecule has 0 aliphatic heterocycles. The first-order chi connectivity index (χ1) is 9.69. The Morgan fingerprint density at radius 2 is 1.90 bits per heavy atom. The second-order valence-electron chi connectivity index (χ2n) is 5.08. The van der Waals surface area contributed by atoms with Crippen molar-refractivity contribution < 1.29 is 0 Å². The Hall–Kier alpha value is -1.38. The first-order valence-corrected chi connectivity index (χ1v) is 7.47. The van der Waals surface area contributed by atoms with Crippen LogP contribution in [0.2, 0.25) is 5.02 Å². The third-order valence-corrected chi connectivity index (χ3v) is 3.63. The topological polar surface area (TPSA) is 24.9 Å². The van der Waals surface area contributed by atoms with Gasteiger partial charge >= 0.3 is 0 Å². The van der Waals surface area contributed by atoms with Gasteiger partial charge in [-0.2, -0.15) is 0 Å². The molecule has 0 aliphatic rings. The van der Waals surface area contributed by atoms with Crippen LogP contribution in [0, 0.1) is 6.92 Å². The fraction of sp³-hybridized carbons (Fsp3) is 0.353. The summed E-state index contributed by atoms with van der Waals surface area (Å²) < 4.78 is 0. The normalized spacial score (nSPS) is 12.3. The third kappa shape index (κ3) is 4.32. The van der Waals surface area contributed by atoms with Gasteiger partial charge in [0.15, 0.2) is 0 Å². The molecule has 0 fully saturated rings. The molecule has 2 rings (SSSR count). The van der Waals surface area contributed by atoms with Gasteiger partial charge in [-0.3, -0.25) is 4.98 Å². The molecule has 1 aromatic carbocycles. The maximum absolute atomic E-state index is 5.95. The van der Waals surface area contributed by atoms with Crippen molar-refractivity contribution in [1.82, 2.24) is 10.3 Å². The molecule has 1 N–H and O–H groups in total. The van der Waals surface area contributed by atoms with Gasteiger partial charge in [0.1, 0.15) is 0 Å². The number of aryl methyl sites for hydroxylation is 1. The Labute approximate surface area is 126 Å². The Morgan fingerprint density at radius 3 is 2.50 bits per heavy atom. The molecule has 0 aliphatic carbocycles. The highest BCUT2D eigenvalue weighted by molar-refractivity contribution is 6.30. The SMILES string of the molecule is CCCC(NCc1ccc(C)nc1)c1ccc(Cl)cc1. The zero-order chi connectivity index (χ0) is 14.4. The molecule has 2 aromatic rings. The van der Waals surface area contributed by atoms with Crippen molar-refractivity contribution in [2.45, 2.75) is 39.3 Å². The summed E-state index contributed by atoms with van der Waals surface area (Å²) in [6, 6.07) is 12.6. The summed E-state index contributed by atoms with van der Waals surface area (Å²) in [6.45, 7) is 5.05. The van der Waals surface area contributed by atoms with E-state index in [1.807, 2.05) is 31.3 Å². The van der Waals surface area contributed by atoms with Gasteiger partial charge in [-0.05, 0) is 42.7 Å². The molecule has 106 valence electrons. The highest BCUT2D eigenvalue weighted by Crippen LogP contribution is 2.21. The van der Waals surface area contributed by atoms with Crippen molar-refractivity contribution in [2.24, 2.45) is 0 Å². The number of pyridine rings is 1. The Balaban J connectivity index is 2.02. The number of nitrogens with zero attached hydrogens (tertiary/aromatic N) is 1. The average molecular weight is 289 g/mol. The van der Waals surface area contributed by atoms with Gasteiger partial charge in [-0.25, -0.2) is 0 Å². The van der Waals surface area contributed by atoms with Crippen molar-refractivity contribution in [3.63, 3.8) is 0 Å². The molecule has 0 amide bonds. The van der Waals surface area contributed by atoms with E-state index < -0.39 is 0 Å². The molecule has 0 radical (unpaired) electrons. The molecule has 0 bridgehead atoms. The zero-order valence-electron chi connectivity index (χ0n) is 12.1. The van der Waals surface area contributed by atoms with Crippen LogP contribution in [-0.4, -0.2) is 4.98 Å². The predicted octanol–water partition coefficient (Wildman–Crippen LogP) is 4.67. The Kier molecular flexibility index (Phi) is 5.57. The fourth-order valence-corrected chi connectivity index (χ4v) is 2.34. The first-order valence-electron chi connectivity index (χ1n) is 7.09. The maximum Gasteiger partial charge on any atom is 0.0406 e. The molecule has 1 aromatic heterocycles. The predicted molar refractivity (Wildman–Crippen MR) is 84.9 cm³/mol. The second-order valence-corrected chi connectivity index (χ2v) is 5.52. The van der Waals surface area contributed by atoms with Gasteiger partial charge in [0.25, 0.3) is 0 Å². The molecular weight excluding hydrogens is 268 g/mol. The van der Waals surface area contributed by atoms with Crippen LogP contribution in [0.5, 0.6) is 0 Å². The van der Waals surface area contributed by atoms with Gasteiger partial charge in [0.2, 0.25) is 0 Å². The Bertz CT molecular complexity index is 520. The van der Waals surface area contributed by atoms with E-state index in [-0.39, 0.29) is 0 Å². The first kappa shape index (κ1) is 15.0. The smallest absolute Gasteiger partial charge is 0.0406 e. The summed E-state index contributed by atoms with van der Waals surface area (Å²) in [5, 5.41) is 4.39. The molecule has 1 unspecified atom stereocenters. The van der Waals surface area contributed by atoms with Crippen LogP contribution in [0.4, 0.5) is 0 Å². The number of rotatable bonds is 6. The highest BCUT2D eigenvalue weighted by atomic mass is 35.5. The average Bonchev–Trinajstić information content (AvgIpc) is 2.46. The summed E-state index contributed by atoms with van der Waals surface area (Å²) in [4.78, 5) is 4.33. The summed E-state index contributed by atoms with van der Waals surface area (Å²) >= 11 is 5.95. The number of aromatic nitrogens is 1. The van der Waals surface area contributed by atoms with E-state index in [1.54, 1.807) is 0 Å². The highest BCUT2D eigenvalue weighted by Gasteiger charge is 2.09. The van der Waals surface area contributed by atoms with Gasteiger partial charge in [-0.1, -0.05) is 43.1 Å². The van der Waals surface area contributed by atoms with Crippen molar-refractivity contribution in [3.8, 4) is 0 Å². The monoisotopic (exact) mass is 288 g/mol. The van der Waals surface area contributed by atoms with Crippen LogP contribution in [0.1, 0.15) is 42.6 Å². The van der Waals surface area contributed by atoms with Crippen molar-refractivity contribution in [1.29, 1.82) is 0 Å². The summed E-state index contributed by atoms with van der Waals surface area (Å²) in [5.74, 6) is 0. The minimum atomic E-state index is 0.360. The molecule has 3 heteroatoms. The van der Waals surface area contributed by atoms with E-state index >= 15 is 0 Å². The minimum absolute atomic E-state index is 0.360. The van der Waals surface area contributed by atoms with E-state index in [1.165, 1.54) is 11.1 Å². The van der Waals surface area contributed by atoms with Gasteiger partial charge in [-0.15, -0.1) is 0 Å². The number of halogens is 1. The van der Waals surface area contributed by atoms with Crippen LogP contribution >= 0.6 is 11.6 Å². The van der Waals surface area contributed by atoms with Crippen molar-refractivity contribution in [2.75, 3.05) is 0 Å². The lowest BCUT2D eigenvalue weighted by Gasteiger charge is -2.19. The molecule has 1 heterocycles. The molecule has 0 saturated carbocycles. The quantitative estimate of drug-likeness (QED) is 0.835. The molecule has 0 saturated heterocycles. The lowest BCUT2D eigenvalue weighted by atomic mass is 10.0. The van der Waals surface area contributed by atoms with E-state index in [2.05, 4.69) is 35.4 Å². The number of nitrogens with one attached hydrogen (secondary N) is 1. The lowest BCUT2D eigenvalue weighted by Crippen LogP contribution is -2.20. The molecule has 2 nitrogen and oxygen atoms in total. The third-order valence-electron chi connectivity index (χ3n) is 3.37. The van der Waals surface area contributed by atoms with E-state index in [0.717, 1.165) is 30.1 Å². The fourth-order valence-electron chi connectivity index (χ4n) is 2.21. The second kappa shape index (κ2) is 7.41. The number of hydrogen-bond donors (Lipinski definition) is 1. The number of benzene rings is 1. The van der Waals surface area contributed by atoms with E-state index in [4.69, 9.17) is 11.6 Å². The van der Waals surface area contributed by atoms with Crippen LogP contribution < -0.4 is 5.32 Å². The van der Waals surface area contributed by atoms with Crippen LogP contribution in [0.25, 0.3) is 0 Å². The standard InChI is InChI=1S/C17H21ClN2/c1-3-4-17(15-7-9-16(18)10-8-15)20-12-14-6-5-13(2)19-11-14/h5-11,17,20H,3-4,12H2,1-2H3. The summed E-state index contributed by atoms with van der Waals surface area (Å²) in [6.07, 6.45) is 4.20. The van der Waals surface area contributed by atoms with Crippen LogP contribution in [-0.2, 0) is 6.54 Å². The lowest BCUT2D eigenvalue weighted by molar-refractivity contribution is 0.493. The van der Waals surface area contributed by atoms with E-state index in [9.17, 15) is 0 Å². The molecular formula is C17H21ClN2. The van der Waals surface area contributed by atoms with Crippen molar-refractivity contribution >= 4 is 11.6 Å². The molecule has 0 spiro atoms. The minimum Gasteiger partial charge on any atom is -0.306 e. The summed E-state index contributed by atoms with van der Waals surface area (Å²) in [5.41, 5.74) is 3.55. The van der Waals surface area contributed by atoms with Gasteiger partial charge < -0.3 is 5.32 Å². The summed E-state index contributed by atoms with van der Waals surface area (Å²) in [7, 11) is 0. The zero-order valence-corrected chi connectivity index (χ0v) is 12.8. The Morgan fingerprint density at radius 1 is 1.15 bits per heavy atom. The van der Waals surface area contributed by atoms with Crippen molar-refractivity contribution in [3.05, 3.63) is 64.4 Å².